The van der Waals surface area contributed by atoms with E-state index < -0.39 is 66.2 Å². The summed E-state index contributed by atoms with van der Waals surface area (Å²) < 4.78 is 48.8. The number of hydrogen-bond donors (Lipinski definition) is 1. The Kier molecular flexibility index (Phi) is 20.4. The van der Waals surface area contributed by atoms with Crippen molar-refractivity contribution in [3.05, 3.63) is 24.3 Å². The van der Waals surface area contributed by atoms with E-state index in [1.54, 1.807) is 13.8 Å². The van der Waals surface area contributed by atoms with Crippen molar-refractivity contribution in [3.63, 3.8) is 0 Å². The summed E-state index contributed by atoms with van der Waals surface area (Å²) in [6.45, 7) is 35.0. The van der Waals surface area contributed by atoms with Gasteiger partial charge in [-0.15, -0.1) is 0 Å². The second-order valence-electron chi connectivity index (χ2n) is 15.4. The van der Waals surface area contributed by atoms with E-state index in [1.807, 2.05) is 6.55 Å². The molecular weight excluding hydrogens is 689 g/mol. The maximum absolute atomic E-state index is 12.3. The average Bonchev–Trinajstić information content (AvgIpc) is 2.85. The first-order chi connectivity index (χ1) is 21.2. The van der Waals surface area contributed by atoms with Crippen LogP contribution >= 0.6 is 0 Å². The second-order valence-corrected chi connectivity index (χ2v) is 36.3. The van der Waals surface area contributed by atoms with E-state index in [9.17, 15) is 14.7 Å². The minimum absolute atomic E-state index is 0.0128. The Morgan fingerprint density at radius 2 is 0.979 bits per heavy atom. The van der Waals surface area contributed by atoms with Crippen molar-refractivity contribution in [1.29, 1.82) is 0 Å². The monoisotopic (exact) mass is 754 g/mol. The van der Waals surface area contributed by atoms with Crippen LogP contribution in [0.15, 0.2) is 24.3 Å². The molecule has 0 spiro atoms. The van der Waals surface area contributed by atoms with Crippen LogP contribution in [-0.2, 0) is 45.3 Å². The molecule has 276 valence electrons. The number of aliphatic hydroxyl groups excluding tert-OH is 1. The molecule has 0 aromatic heterocycles. The van der Waals surface area contributed by atoms with Gasteiger partial charge in [0.2, 0.25) is 0 Å². The zero-order valence-corrected chi connectivity index (χ0v) is 36.7. The highest BCUT2D eigenvalue weighted by Crippen LogP contribution is 2.26. The van der Waals surface area contributed by atoms with Crippen molar-refractivity contribution in [2.45, 2.75) is 123 Å². The molecule has 0 aromatic carbocycles. The van der Waals surface area contributed by atoms with Gasteiger partial charge in [-0.25, -0.2) is 9.59 Å². The van der Waals surface area contributed by atoms with E-state index in [4.69, 9.17) is 35.7 Å². The van der Waals surface area contributed by atoms with E-state index in [-0.39, 0.29) is 32.0 Å². The standard InChI is InChI=1S/C31H66O11Si5/c1-26(2)30(33)37-23-28(32)22-35-18-16-20-46(14,40-43(5,6)7)39-29(25-38-31(34)27(3)4)24-36-19-17-21-47(15,41-44(8,9)10)42-45(11,12)13/h28-29,32H,1,3,16-25H2,2,4-15H3. The quantitative estimate of drug-likeness (QED) is 0.0451. The van der Waals surface area contributed by atoms with Gasteiger partial charge in [0.15, 0.2) is 25.0 Å². The Hall–Kier alpha value is -0.776. The Labute approximate surface area is 290 Å². The molecule has 0 amide bonds. The van der Waals surface area contributed by atoms with E-state index >= 15 is 0 Å². The summed E-state index contributed by atoms with van der Waals surface area (Å²) in [7, 11) is -10.8. The van der Waals surface area contributed by atoms with Crippen molar-refractivity contribution in [1.82, 2.24) is 0 Å². The zero-order valence-electron chi connectivity index (χ0n) is 31.7. The van der Waals surface area contributed by atoms with Crippen LogP contribution in [0.4, 0.5) is 0 Å². The van der Waals surface area contributed by atoms with E-state index in [2.05, 4.69) is 78.6 Å². The normalized spacial score (nSPS) is 15.4. The van der Waals surface area contributed by atoms with Crippen LogP contribution in [0.5, 0.6) is 0 Å². The van der Waals surface area contributed by atoms with Crippen molar-refractivity contribution in [3.8, 4) is 0 Å². The van der Waals surface area contributed by atoms with Crippen LogP contribution in [0.3, 0.4) is 0 Å². The van der Waals surface area contributed by atoms with Crippen LogP contribution in [0.25, 0.3) is 0 Å². The Morgan fingerprint density at radius 1 is 0.596 bits per heavy atom. The largest absolute Gasteiger partial charge is 0.460 e. The highest BCUT2D eigenvalue weighted by molar-refractivity contribution is 6.87. The third-order valence-corrected chi connectivity index (χ3v) is 21.8. The Morgan fingerprint density at radius 3 is 1.40 bits per heavy atom. The van der Waals surface area contributed by atoms with E-state index in [0.29, 0.717) is 31.3 Å². The molecule has 0 radical (unpaired) electrons. The lowest BCUT2D eigenvalue weighted by Crippen LogP contribution is -2.52. The smallest absolute Gasteiger partial charge is 0.333 e. The molecule has 47 heavy (non-hydrogen) atoms. The SMILES string of the molecule is C=C(C)C(=O)OCC(O)COCCC[Si](C)(OC(COCCC[Si](C)(O[Si](C)(C)C)O[Si](C)(C)C)COC(=O)C(=C)C)O[Si](C)(C)C. The topological polar surface area (TPSA) is 128 Å². The summed E-state index contributed by atoms with van der Waals surface area (Å²) in [5.74, 6) is -1.03. The predicted octanol–water partition coefficient (Wildman–Crippen LogP) is 6.48. The lowest BCUT2D eigenvalue weighted by molar-refractivity contribution is -0.143. The van der Waals surface area contributed by atoms with Crippen molar-refractivity contribution < 1.29 is 50.4 Å². The fourth-order valence-electron chi connectivity index (χ4n) is 4.73. The fourth-order valence-corrected chi connectivity index (χ4v) is 24.8. The van der Waals surface area contributed by atoms with Gasteiger partial charge in [-0.3, -0.25) is 0 Å². The molecule has 0 aliphatic carbocycles. The number of carbonyl (C=O) groups is 2. The van der Waals surface area contributed by atoms with Crippen LogP contribution < -0.4 is 0 Å². The number of rotatable bonds is 26. The molecule has 0 rings (SSSR count). The molecule has 0 heterocycles. The first-order valence-corrected chi connectivity index (χ1v) is 31.8. The Balaban J connectivity index is 5.38. The summed E-state index contributed by atoms with van der Waals surface area (Å²) >= 11 is 0. The Bertz CT molecular complexity index is 976. The first-order valence-electron chi connectivity index (χ1n) is 16.5. The molecule has 0 saturated carbocycles. The molecule has 3 unspecified atom stereocenters. The molecular formula is C31H66O11Si5. The van der Waals surface area contributed by atoms with E-state index in [0.717, 1.165) is 12.5 Å². The highest BCUT2D eigenvalue weighted by Gasteiger charge is 2.41. The highest BCUT2D eigenvalue weighted by atomic mass is 28.5. The first kappa shape index (κ1) is 46.2. The average molecular weight is 755 g/mol. The van der Waals surface area contributed by atoms with Crippen molar-refractivity contribution in [2.75, 3.05) is 39.6 Å². The van der Waals surface area contributed by atoms with Gasteiger partial charge in [0.25, 0.3) is 0 Å². The van der Waals surface area contributed by atoms with Crippen LogP contribution in [-0.4, -0.2) is 111 Å². The fraction of sp³-hybridized carbons (Fsp3) is 0.806. The van der Waals surface area contributed by atoms with Crippen LogP contribution in [0.2, 0.25) is 84.1 Å². The molecule has 0 aromatic rings. The molecule has 0 fully saturated rings. The van der Waals surface area contributed by atoms with Crippen LogP contribution in [0.1, 0.15) is 26.7 Å². The minimum Gasteiger partial charge on any atom is -0.460 e. The molecule has 0 saturated heterocycles. The number of hydrogen-bond acceptors (Lipinski definition) is 11. The van der Waals surface area contributed by atoms with Crippen molar-refractivity contribution >= 4 is 54.0 Å². The van der Waals surface area contributed by atoms with Gasteiger partial charge < -0.3 is 40.8 Å². The van der Waals surface area contributed by atoms with Crippen LogP contribution in [0, 0.1) is 0 Å². The molecule has 1 N–H and O–H groups in total. The number of carbonyl (C=O) groups excluding carboxylic acids is 2. The maximum Gasteiger partial charge on any atom is 0.333 e. The molecule has 0 aliphatic heterocycles. The van der Waals surface area contributed by atoms with Crippen molar-refractivity contribution in [2.24, 2.45) is 0 Å². The third-order valence-electron chi connectivity index (χ3n) is 5.94. The molecule has 3 atom stereocenters. The summed E-state index contributed by atoms with van der Waals surface area (Å²) in [5.41, 5.74) is 0.581. The second kappa shape index (κ2) is 20.8. The van der Waals surface area contributed by atoms with Gasteiger partial charge in [0.1, 0.15) is 25.4 Å². The lowest BCUT2D eigenvalue weighted by atomic mass is 10.3. The molecule has 0 aliphatic rings. The predicted molar refractivity (Wildman–Crippen MR) is 199 cm³/mol. The number of aliphatic hydroxyl groups is 1. The summed E-state index contributed by atoms with van der Waals surface area (Å²) in [6, 6.07) is 1.45. The van der Waals surface area contributed by atoms with Gasteiger partial charge in [0, 0.05) is 24.4 Å². The number of ether oxygens (including phenoxy) is 4. The van der Waals surface area contributed by atoms with E-state index in [1.165, 1.54) is 0 Å². The van der Waals surface area contributed by atoms with Gasteiger partial charge in [-0.1, -0.05) is 13.2 Å². The summed E-state index contributed by atoms with van der Waals surface area (Å²) in [6.07, 6.45) is -0.0592. The third kappa shape index (κ3) is 24.9. The maximum atomic E-state index is 12.3. The van der Waals surface area contributed by atoms with Gasteiger partial charge in [-0.05, 0) is 111 Å². The zero-order chi connectivity index (χ0) is 36.7. The van der Waals surface area contributed by atoms with Gasteiger partial charge in [0.05, 0.1) is 13.2 Å². The van der Waals surface area contributed by atoms with Gasteiger partial charge >= 0.3 is 29.1 Å². The molecule has 0 bridgehead atoms. The number of esters is 2. The summed E-state index contributed by atoms with van der Waals surface area (Å²) in [5, 5.41) is 10.1. The van der Waals surface area contributed by atoms with Gasteiger partial charge in [-0.2, -0.15) is 0 Å². The molecule has 11 nitrogen and oxygen atoms in total. The minimum atomic E-state index is -2.80. The lowest BCUT2D eigenvalue weighted by Gasteiger charge is -2.38. The molecule has 16 heteroatoms. The summed E-state index contributed by atoms with van der Waals surface area (Å²) in [4.78, 5) is 23.8.